The maximum absolute atomic E-state index is 6.37. The molecule has 0 aromatic heterocycles. The molecule has 1 atom stereocenters. The zero-order valence-corrected chi connectivity index (χ0v) is 13.0. The standard InChI is InChI=1S/C17H28N2/c1-11-8-13(17(3,4)5)9-12(2)16(11)15(18)10-19-14-6-7-14/h8-9,14-15,19H,6-7,10,18H2,1-5H3. The van der Waals surface area contributed by atoms with E-state index in [-0.39, 0.29) is 11.5 Å². The first-order chi connectivity index (χ1) is 8.79. The van der Waals surface area contributed by atoms with Crippen LogP contribution in [0.2, 0.25) is 0 Å². The van der Waals surface area contributed by atoms with Gasteiger partial charge in [0.15, 0.2) is 0 Å². The maximum atomic E-state index is 6.37. The predicted molar refractivity (Wildman–Crippen MR) is 82.6 cm³/mol. The van der Waals surface area contributed by atoms with Crippen LogP contribution in [0.3, 0.4) is 0 Å². The molecular formula is C17H28N2. The Morgan fingerprint density at radius 2 is 1.74 bits per heavy atom. The van der Waals surface area contributed by atoms with Gasteiger partial charge in [0, 0.05) is 18.6 Å². The first kappa shape index (κ1) is 14.5. The normalized spacial score (nSPS) is 17.6. The average molecular weight is 260 g/mol. The summed E-state index contributed by atoms with van der Waals surface area (Å²) in [6.45, 7) is 12.0. The molecule has 0 heterocycles. The van der Waals surface area contributed by atoms with Crippen LogP contribution in [0.4, 0.5) is 0 Å². The average Bonchev–Trinajstić information content (AvgIpc) is 3.07. The topological polar surface area (TPSA) is 38.0 Å². The number of hydrogen-bond donors (Lipinski definition) is 2. The lowest BCUT2D eigenvalue weighted by molar-refractivity contribution is 0.579. The molecule has 2 rings (SSSR count). The van der Waals surface area contributed by atoms with Crippen LogP contribution in [0.25, 0.3) is 0 Å². The molecular weight excluding hydrogens is 232 g/mol. The summed E-state index contributed by atoms with van der Waals surface area (Å²) in [5.74, 6) is 0. The summed E-state index contributed by atoms with van der Waals surface area (Å²) < 4.78 is 0. The van der Waals surface area contributed by atoms with Gasteiger partial charge < -0.3 is 11.1 Å². The van der Waals surface area contributed by atoms with Gasteiger partial charge in [-0.2, -0.15) is 0 Å². The highest BCUT2D eigenvalue weighted by Crippen LogP contribution is 2.29. The van der Waals surface area contributed by atoms with Crippen molar-refractivity contribution in [2.45, 2.75) is 65.0 Å². The first-order valence-corrected chi connectivity index (χ1v) is 7.39. The monoisotopic (exact) mass is 260 g/mol. The molecule has 2 heteroatoms. The minimum Gasteiger partial charge on any atom is -0.323 e. The lowest BCUT2D eigenvalue weighted by Crippen LogP contribution is -2.29. The fourth-order valence-corrected chi connectivity index (χ4v) is 2.68. The summed E-state index contributed by atoms with van der Waals surface area (Å²) in [6, 6.07) is 5.44. The Labute approximate surface area is 117 Å². The van der Waals surface area contributed by atoms with Crippen molar-refractivity contribution in [2.24, 2.45) is 5.73 Å². The summed E-state index contributed by atoms with van der Waals surface area (Å²) in [4.78, 5) is 0. The molecule has 106 valence electrons. The summed E-state index contributed by atoms with van der Waals surface area (Å²) in [5.41, 5.74) is 11.9. The van der Waals surface area contributed by atoms with E-state index in [9.17, 15) is 0 Å². The third-order valence-corrected chi connectivity index (χ3v) is 4.03. The number of nitrogens with two attached hydrogens (primary N) is 1. The smallest absolute Gasteiger partial charge is 0.0427 e. The van der Waals surface area contributed by atoms with E-state index in [4.69, 9.17) is 5.73 Å². The SMILES string of the molecule is Cc1cc(C(C)(C)C)cc(C)c1C(N)CNC1CC1. The Morgan fingerprint density at radius 1 is 1.21 bits per heavy atom. The molecule has 1 saturated carbocycles. The van der Waals surface area contributed by atoms with Crippen molar-refractivity contribution < 1.29 is 0 Å². The quantitative estimate of drug-likeness (QED) is 0.871. The molecule has 0 aliphatic heterocycles. The third kappa shape index (κ3) is 3.58. The number of benzene rings is 1. The van der Waals surface area contributed by atoms with Crippen molar-refractivity contribution >= 4 is 0 Å². The van der Waals surface area contributed by atoms with Crippen LogP contribution in [0, 0.1) is 13.8 Å². The van der Waals surface area contributed by atoms with Crippen LogP contribution in [0.15, 0.2) is 12.1 Å². The van der Waals surface area contributed by atoms with Gasteiger partial charge in [-0.1, -0.05) is 32.9 Å². The van der Waals surface area contributed by atoms with Gasteiger partial charge in [-0.05, 0) is 54.4 Å². The molecule has 1 fully saturated rings. The number of aryl methyl sites for hydroxylation is 2. The Morgan fingerprint density at radius 3 is 2.16 bits per heavy atom. The van der Waals surface area contributed by atoms with Crippen molar-refractivity contribution in [3.8, 4) is 0 Å². The van der Waals surface area contributed by atoms with Crippen molar-refractivity contribution in [1.29, 1.82) is 0 Å². The lowest BCUT2D eigenvalue weighted by Gasteiger charge is -2.24. The highest BCUT2D eigenvalue weighted by Gasteiger charge is 2.23. The van der Waals surface area contributed by atoms with Crippen LogP contribution in [-0.4, -0.2) is 12.6 Å². The van der Waals surface area contributed by atoms with Crippen molar-refractivity contribution in [3.63, 3.8) is 0 Å². The second-order valence-electron chi connectivity index (χ2n) is 7.06. The summed E-state index contributed by atoms with van der Waals surface area (Å²) in [6.07, 6.45) is 2.63. The van der Waals surface area contributed by atoms with Crippen molar-refractivity contribution in [1.82, 2.24) is 5.32 Å². The van der Waals surface area contributed by atoms with E-state index in [0.29, 0.717) is 0 Å². The van der Waals surface area contributed by atoms with Gasteiger partial charge in [0.05, 0.1) is 0 Å². The Kier molecular flexibility index (Phi) is 4.03. The lowest BCUT2D eigenvalue weighted by atomic mass is 9.83. The van der Waals surface area contributed by atoms with E-state index in [1.165, 1.54) is 35.1 Å². The van der Waals surface area contributed by atoms with Crippen molar-refractivity contribution in [3.05, 3.63) is 34.4 Å². The van der Waals surface area contributed by atoms with Gasteiger partial charge in [0.1, 0.15) is 0 Å². The molecule has 1 aliphatic rings. The zero-order chi connectivity index (χ0) is 14.2. The Balaban J connectivity index is 2.20. The van der Waals surface area contributed by atoms with Crippen LogP contribution in [0.1, 0.15) is 61.9 Å². The molecule has 1 aromatic carbocycles. The van der Waals surface area contributed by atoms with Gasteiger partial charge >= 0.3 is 0 Å². The fourth-order valence-electron chi connectivity index (χ4n) is 2.68. The van der Waals surface area contributed by atoms with E-state index in [2.05, 4.69) is 52.1 Å². The highest BCUT2D eigenvalue weighted by molar-refractivity contribution is 5.42. The molecule has 0 bridgehead atoms. The minimum atomic E-state index is 0.106. The minimum absolute atomic E-state index is 0.106. The molecule has 1 aliphatic carbocycles. The van der Waals surface area contributed by atoms with Gasteiger partial charge in [0.2, 0.25) is 0 Å². The zero-order valence-electron chi connectivity index (χ0n) is 13.0. The summed E-state index contributed by atoms with van der Waals surface area (Å²) >= 11 is 0. The largest absolute Gasteiger partial charge is 0.323 e. The van der Waals surface area contributed by atoms with Crippen LogP contribution in [0.5, 0.6) is 0 Å². The molecule has 1 aromatic rings. The molecule has 0 radical (unpaired) electrons. The summed E-state index contributed by atoms with van der Waals surface area (Å²) in [5, 5.41) is 3.53. The van der Waals surface area contributed by atoms with Gasteiger partial charge in [-0.15, -0.1) is 0 Å². The van der Waals surface area contributed by atoms with E-state index < -0.39 is 0 Å². The van der Waals surface area contributed by atoms with Crippen LogP contribution >= 0.6 is 0 Å². The van der Waals surface area contributed by atoms with Gasteiger partial charge in [-0.25, -0.2) is 0 Å². The molecule has 2 nitrogen and oxygen atoms in total. The predicted octanol–water partition coefficient (Wildman–Crippen LogP) is 3.35. The molecule has 0 amide bonds. The fraction of sp³-hybridized carbons (Fsp3) is 0.647. The molecule has 19 heavy (non-hydrogen) atoms. The van der Waals surface area contributed by atoms with Crippen molar-refractivity contribution in [2.75, 3.05) is 6.54 Å². The number of nitrogens with one attached hydrogen (secondary N) is 1. The maximum Gasteiger partial charge on any atom is 0.0427 e. The number of rotatable bonds is 4. The van der Waals surface area contributed by atoms with Crippen LogP contribution in [-0.2, 0) is 5.41 Å². The van der Waals surface area contributed by atoms with E-state index in [1.807, 2.05) is 0 Å². The van der Waals surface area contributed by atoms with Gasteiger partial charge in [-0.3, -0.25) is 0 Å². The number of hydrogen-bond acceptors (Lipinski definition) is 2. The summed E-state index contributed by atoms with van der Waals surface area (Å²) in [7, 11) is 0. The van der Waals surface area contributed by atoms with E-state index >= 15 is 0 Å². The van der Waals surface area contributed by atoms with E-state index in [1.54, 1.807) is 0 Å². The molecule has 0 spiro atoms. The molecule has 0 saturated heterocycles. The highest BCUT2D eigenvalue weighted by atomic mass is 15.0. The Hall–Kier alpha value is -0.860. The third-order valence-electron chi connectivity index (χ3n) is 4.03. The molecule has 1 unspecified atom stereocenters. The van der Waals surface area contributed by atoms with Crippen LogP contribution < -0.4 is 11.1 Å². The Bertz CT molecular complexity index is 430. The molecule has 3 N–H and O–H groups in total. The van der Waals surface area contributed by atoms with E-state index in [0.717, 1.165) is 12.6 Å². The van der Waals surface area contributed by atoms with Gasteiger partial charge in [0.25, 0.3) is 0 Å². The second kappa shape index (κ2) is 5.26. The first-order valence-electron chi connectivity index (χ1n) is 7.39. The second-order valence-corrected chi connectivity index (χ2v) is 7.06.